The van der Waals surface area contributed by atoms with Crippen molar-refractivity contribution in [2.24, 2.45) is 5.10 Å². The Morgan fingerprint density at radius 1 is 1.23 bits per heavy atom. The Morgan fingerprint density at radius 3 is 2.77 bits per heavy atom. The Labute approximate surface area is 156 Å². The van der Waals surface area contributed by atoms with Crippen molar-refractivity contribution >= 4 is 34.8 Å². The van der Waals surface area contributed by atoms with Crippen LogP contribution in [0.2, 0.25) is 5.02 Å². The number of nitrogens with zero attached hydrogens (tertiary/aromatic N) is 2. The quantitative estimate of drug-likeness (QED) is 0.525. The minimum Gasteiger partial charge on any atom is -0.492 e. The molecule has 1 amide bonds. The van der Waals surface area contributed by atoms with E-state index in [1.807, 2.05) is 42.6 Å². The zero-order valence-electron chi connectivity index (χ0n) is 14.2. The number of carbonyl (C=O) groups is 1. The van der Waals surface area contributed by atoms with Gasteiger partial charge in [-0.15, -0.1) is 0 Å². The van der Waals surface area contributed by atoms with Crippen LogP contribution in [0, 0.1) is 0 Å². The van der Waals surface area contributed by atoms with Gasteiger partial charge in [-0.25, -0.2) is 10.2 Å². The zero-order chi connectivity index (χ0) is 18.4. The van der Waals surface area contributed by atoms with Gasteiger partial charge in [-0.3, -0.25) is 0 Å². The third kappa shape index (κ3) is 4.34. The third-order valence-electron chi connectivity index (χ3n) is 3.78. The van der Waals surface area contributed by atoms with Gasteiger partial charge in [0.1, 0.15) is 12.4 Å². The van der Waals surface area contributed by atoms with E-state index in [2.05, 4.69) is 19.8 Å². The fourth-order valence-electron chi connectivity index (χ4n) is 2.56. The monoisotopic (exact) mass is 371 g/mol. The number of methoxy groups -OCH3 is 1. The summed E-state index contributed by atoms with van der Waals surface area (Å²) in [5.41, 5.74) is 4.24. The summed E-state index contributed by atoms with van der Waals surface area (Å²) in [6, 6.07) is 15.2. The number of para-hydroxylation sites is 1. The average Bonchev–Trinajstić information content (AvgIpc) is 3.01. The molecule has 0 aliphatic carbocycles. The Hall–Kier alpha value is -2.99. The van der Waals surface area contributed by atoms with Crippen molar-refractivity contribution in [1.82, 2.24) is 9.99 Å². The van der Waals surface area contributed by atoms with Gasteiger partial charge in [0.15, 0.2) is 0 Å². The van der Waals surface area contributed by atoms with E-state index in [4.69, 9.17) is 16.3 Å². The minimum atomic E-state index is -0.610. The van der Waals surface area contributed by atoms with Gasteiger partial charge in [-0.2, -0.15) is 5.10 Å². The molecule has 3 aromatic rings. The highest BCUT2D eigenvalue weighted by Crippen LogP contribution is 2.20. The van der Waals surface area contributed by atoms with E-state index in [9.17, 15) is 4.79 Å². The van der Waals surface area contributed by atoms with E-state index in [0.717, 1.165) is 22.2 Å². The topological polar surface area (TPSA) is 64.8 Å². The van der Waals surface area contributed by atoms with Crippen LogP contribution in [0.15, 0.2) is 59.8 Å². The molecule has 0 bridgehead atoms. The molecule has 0 aliphatic heterocycles. The molecule has 0 spiro atoms. The standard InChI is InChI=1S/C19H18ClN3O3/c1-25-19(24)22-21-12-14-13-23(18-5-3-2-4-17(14)18)10-11-26-16-8-6-15(20)7-9-16/h2-9,12-13H,10-11H2,1H3,(H,22,24)/b21-12-. The van der Waals surface area contributed by atoms with Crippen molar-refractivity contribution in [2.75, 3.05) is 13.7 Å². The highest BCUT2D eigenvalue weighted by molar-refractivity contribution is 6.30. The molecule has 1 aromatic heterocycles. The van der Waals surface area contributed by atoms with E-state index >= 15 is 0 Å². The van der Waals surface area contributed by atoms with Gasteiger partial charge in [-0.1, -0.05) is 29.8 Å². The van der Waals surface area contributed by atoms with Crippen LogP contribution in [0.5, 0.6) is 5.75 Å². The Balaban J connectivity index is 1.71. The predicted molar refractivity (Wildman–Crippen MR) is 102 cm³/mol. The van der Waals surface area contributed by atoms with Crippen molar-refractivity contribution in [2.45, 2.75) is 6.54 Å². The summed E-state index contributed by atoms with van der Waals surface area (Å²) < 4.78 is 12.3. The number of nitrogens with one attached hydrogen (secondary N) is 1. The largest absolute Gasteiger partial charge is 0.492 e. The van der Waals surface area contributed by atoms with E-state index in [0.29, 0.717) is 18.2 Å². The lowest BCUT2D eigenvalue weighted by molar-refractivity contribution is 0.171. The number of carbonyl (C=O) groups excluding carboxylic acids is 1. The van der Waals surface area contributed by atoms with Crippen molar-refractivity contribution in [3.05, 3.63) is 65.3 Å². The molecule has 7 heteroatoms. The maximum Gasteiger partial charge on any atom is 0.427 e. The first kappa shape index (κ1) is 17.8. The van der Waals surface area contributed by atoms with Crippen LogP contribution in [-0.4, -0.2) is 30.6 Å². The highest BCUT2D eigenvalue weighted by Gasteiger charge is 2.07. The average molecular weight is 372 g/mol. The van der Waals surface area contributed by atoms with Gasteiger partial charge in [0.05, 0.1) is 19.9 Å². The molecule has 0 saturated heterocycles. The van der Waals surface area contributed by atoms with E-state index in [1.165, 1.54) is 7.11 Å². The normalized spacial score (nSPS) is 11.0. The molecular formula is C19H18ClN3O3. The molecule has 0 saturated carbocycles. The Kier molecular flexibility index (Phi) is 5.76. The lowest BCUT2D eigenvalue weighted by Gasteiger charge is -2.08. The number of aromatic nitrogens is 1. The summed E-state index contributed by atoms with van der Waals surface area (Å²) in [4.78, 5) is 11.1. The summed E-state index contributed by atoms with van der Waals surface area (Å²) >= 11 is 5.87. The fourth-order valence-corrected chi connectivity index (χ4v) is 2.68. The van der Waals surface area contributed by atoms with Crippen LogP contribution in [0.25, 0.3) is 10.9 Å². The van der Waals surface area contributed by atoms with Gasteiger partial charge < -0.3 is 14.0 Å². The van der Waals surface area contributed by atoms with E-state index in [-0.39, 0.29) is 0 Å². The lowest BCUT2D eigenvalue weighted by Crippen LogP contribution is -2.16. The third-order valence-corrected chi connectivity index (χ3v) is 4.03. The Morgan fingerprint density at radius 2 is 2.00 bits per heavy atom. The summed E-state index contributed by atoms with van der Waals surface area (Å²) in [6.45, 7) is 1.18. The van der Waals surface area contributed by atoms with Crippen LogP contribution in [0.1, 0.15) is 5.56 Å². The maximum absolute atomic E-state index is 11.1. The van der Waals surface area contributed by atoms with Gasteiger partial charge in [0.25, 0.3) is 0 Å². The second-order valence-corrected chi connectivity index (χ2v) is 5.90. The number of fused-ring (bicyclic) bond motifs is 1. The zero-order valence-corrected chi connectivity index (χ0v) is 14.9. The maximum atomic E-state index is 11.1. The number of rotatable bonds is 6. The molecule has 1 heterocycles. The number of hydrogen-bond acceptors (Lipinski definition) is 4. The molecule has 6 nitrogen and oxygen atoms in total. The van der Waals surface area contributed by atoms with Gasteiger partial charge >= 0.3 is 6.09 Å². The SMILES string of the molecule is COC(=O)N/N=C\c1cn(CCOc2ccc(Cl)cc2)c2ccccc12. The molecule has 0 unspecified atom stereocenters. The van der Waals surface area contributed by atoms with Gasteiger partial charge in [-0.05, 0) is 30.3 Å². The predicted octanol–water partition coefficient (Wildman–Crippen LogP) is 4.06. The van der Waals surface area contributed by atoms with Crippen molar-refractivity contribution < 1.29 is 14.3 Å². The summed E-state index contributed by atoms with van der Waals surface area (Å²) in [5, 5.41) is 5.62. The second kappa shape index (κ2) is 8.40. The number of ether oxygens (including phenoxy) is 2. The molecule has 134 valence electrons. The van der Waals surface area contributed by atoms with Crippen molar-refractivity contribution in [1.29, 1.82) is 0 Å². The number of benzene rings is 2. The van der Waals surface area contributed by atoms with Crippen LogP contribution in [0.3, 0.4) is 0 Å². The lowest BCUT2D eigenvalue weighted by atomic mass is 10.2. The number of hydrogen-bond donors (Lipinski definition) is 1. The molecule has 26 heavy (non-hydrogen) atoms. The number of halogens is 1. The summed E-state index contributed by atoms with van der Waals surface area (Å²) in [7, 11) is 1.29. The van der Waals surface area contributed by atoms with Crippen LogP contribution in [0.4, 0.5) is 4.79 Å². The van der Waals surface area contributed by atoms with Crippen molar-refractivity contribution in [3.8, 4) is 5.75 Å². The van der Waals surface area contributed by atoms with Gasteiger partial charge in [0, 0.05) is 27.7 Å². The molecule has 0 aliphatic rings. The van der Waals surface area contributed by atoms with Crippen LogP contribution >= 0.6 is 11.6 Å². The molecule has 0 fully saturated rings. The molecule has 0 radical (unpaired) electrons. The molecular weight excluding hydrogens is 354 g/mol. The van der Waals surface area contributed by atoms with Crippen LogP contribution in [-0.2, 0) is 11.3 Å². The first-order valence-corrected chi connectivity index (χ1v) is 8.38. The second-order valence-electron chi connectivity index (χ2n) is 5.46. The molecule has 3 rings (SSSR count). The first-order valence-electron chi connectivity index (χ1n) is 8.00. The Bertz CT molecular complexity index is 919. The molecule has 1 N–H and O–H groups in total. The summed E-state index contributed by atoms with van der Waals surface area (Å²) in [5.74, 6) is 0.773. The first-order chi connectivity index (χ1) is 12.7. The van der Waals surface area contributed by atoms with E-state index in [1.54, 1.807) is 18.3 Å². The highest BCUT2D eigenvalue weighted by atomic mass is 35.5. The van der Waals surface area contributed by atoms with Crippen LogP contribution < -0.4 is 10.2 Å². The smallest absolute Gasteiger partial charge is 0.427 e. The number of amides is 1. The minimum absolute atomic E-state index is 0.511. The van der Waals surface area contributed by atoms with Gasteiger partial charge in [0.2, 0.25) is 0 Å². The van der Waals surface area contributed by atoms with E-state index < -0.39 is 6.09 Å². The fraction of sp³-hybridized carbons (Fsp3) is 0.158. The molecule has 2 aromatic carbocycles. The molecule has 0 atom stereocenters. The number of hydrazone groups is 1. The summed E-state index contributed by atoms with van der Waals surface area (Å²) in [6.07, 6.45) is 2.95. The van der Waals surface area contributed by atoms with Crippen molar-refractivity contribution in [3.63, 3.8) is 0 Å².